The number of nitrogens with one attached hydrogen (secondary N) is 2. The normalized spacial score (nSPS) is 11.5. The van der Waals surface area contributed by atoms with Crippen LogP contribution in [0.15, 0.2) is 47.1 Å². The van der Waals surface area contributed by atoms with E-state index in [1.54, 1.807) is 12.1 Å². The molecule has 0 spiro atoms. The van der Waals surface area contributed by atoms with Crippen LogP contribution in [0.4, 0.5) is 11.4 Å². The molecule has 0 aliphatic carbocycles. The molecule has 0 radical (unpaired) electrons. The molecule has 1 aromatic heterocycles. The monoisotopic (exact) mass is 333 g/mol. The van der Waals surface area contributed by atoms with Crippen molar-refractivity contribution < 1.29 is 24.0 Å². The summed E-state index contributed by atoms with van der Waals surface area (Å²) in [6.07, 6.45) is 0.661. The molecule has 1 unspecified atom stereocenters. The van der Waals surface area contributed by atoms with Crippen LogP contribution < -0.4 is 10.6 Å². The summed E-state index contributed by atoms with van der Waals surface area (Å²) in [4.78, 5) is 33.7. The minimum Gasteiger partial charge on any atom is -0.467 e. The Kier molecular flexibility index (Phi) is 5.63. The van der Waals surface area contributed by atoms with E-state index in [0.717, 1.165) is 0 Å². The van der Waals surface area contributed by atoms with E-state index in [1.165, 1.54) is 30.5 Å². The van der Waals surface area contributed by atoms with Gasteiger partial charge in [0.05, 0.1) is 11.2 Å². The second-order valence-electron chi connectivity index (χ2n) is 4.80. The number of anilines is 1. The van der Waals surface area contributed by atoms with Crippen LogP contribution in [0.1, 0.15) is 18.3 Å². The molecule has 2 aromatic rings. The maximum Gasteiger partial charge on any atom is 0.313 e. The third-order valence-corrected chi connectivity index (χ3v) is 3.13. The van der Waals surface area contributed by atoms with Crippen molar-refractivity contribution in [3.05, 3.63) is 58.5 Å². The molecule has 2 rings (SSSR count). The number of furan rings is 1. The minimum atomic E-state index is -1.03. The smallest absolute Gasteiger partial charge is 0.313 e. The number of carbonyl (C=O) groups is 2. The second-order valence-corrected chi connectivity index (χ2v) is 4.80. The van der Waals surface area contributed by atoms with Gasteiger partial charge in [0.15, 0.2) is 0 Å². The zero-order valence-corrected chi connectivity index (χ0v) is 12.5. The van der Waals surface area contributed by atoms with E-state index in [2.05, 4.69) is 10.6 Å². The predicted molar refractivity (Wildman–Crippen MR) is 83.0 cm³/mol. The molecule has 126 valence electrons. The summed E-state index contributed by atoms with van der Waals surface area (Å²) >= 11 is 0. The summed E-state index contributed by atoms with van der Waals surface area (Å²) in [5.74, 6) is -1.63. The summed E-state index contributed by atoms with van der Waals surface area (Å²) in [6, 6.07) is 8.70. The predicted octanol–water partition coefficient (Wildman–Crippen LogP) is 1.37. The molecule has 0 aliphatic heterocycles. The number of aliphatic hydroxyl groups excluding tert-OH is 1. The average Bonchev–Trinajstić information content (AvgIpc) is 3.09. The Morgan fingerprint density at radius 1 is 1.21 bits per heavy atom. The highest BCUT2D eigenvalue weighted by molar-refractivity contribution is 6.39. The number of carbonyl (C=O) groups excluding carboxylic acids is 2. The van der Waals surface area contributed by atoms with Gasteiger partial charge in [0, 0.05) is 12.6 Å². The number of amides is 2. The third-order valence-electron chi connectivity index (χ3n) is 3.13. The SMILES string of the molecule is O=C(NCCC(O)c1ccco1)C(=O)Nc1ccccc1[N+](=O)[O-]. The Morgan fingerprint density at radius 3 is 2.62 bits per heavy atom. The van der Waals surface area contributed by atoms with Crippen LogP contribution in [0.5, 0.6) is 0 Å². The molecule has 0 aliphatic rings. The van der Waals surface area contributed by atoms with E-state index in [1.807, 2.05) is 0 Å². The van der Waals surface area contributed by atoms with Gasteiger partial charge in [-0.15, -0.1) is 0 Å². The first-order chi connectivity index (χ1) is 11.5. The van der Waals surface area contributed by atoms with E-state index >= 15 is 0 Å². The number of nitro benzene ring substituents is 1. The number of nitro groups is 1. The van der Waals surface area contributed by atoms with E-state index < -0.39 is 22.8 Å². The quantitative estimate of drug-likeness (QED) is 0.415. The molecular formula is C15H15N3O6. The van der Waals surface area contributed by atoms with Crippen molar-refractivity contribution in [2.24, 2.45) is 0 Å². The Balaban J connectivity index is 1.85. The zero-order chi connectivity index (χ0) is 17.5. The van der Waals surface area contributed by atoms with Gasteiger partial charge in [-0.25, -0.2) is 0 Å². The Hall–Kier alpha value is -3.20. The van der Waals surface area contributed by atoms with Crippen molar-refractivity contribution >= 4 is 23.2 Å². The van der Waals surface area contributed by atoms with Crippen molar-refractivity contribution in [2.75, 3.05) is 11.9 Å². The van der Waals surface area contributed by atoms with Gasteiger partial charge in [0.1, 0.15) is 17.6 Å². The van der Waals surface area contributed by atoms with Crippen molar-refractivity contribution in [3.8, 4) is 0 Å². The second kappa shape index (κ2) is 7.88. The zero-order valence-electron chi connectivity index (χ0n) is 12.5. The molecule has 0 saturated carbocycles. The Bertz CT molecular complexity index is 729. The molecule has 9 heteroatoms. The van der Waals surface area contributed by atoms with Crippen molar-refractivity contribution in [1.82, 2.24) is 5.32 Å². The fraction of sp³-hybridized carbons (Fsp3) is 0.200. The van der Waals surface area contributed by atoms with Crippen LogP contribution in [0.25, 0.3) is 0 Å². The van der Waals surface area contributed by atoms with Gasteiger partial charge < -0.3 is 20.2 Å². The first-order valence-corrected chi connectivity index (χ1v) is 7.03. The molecule has 0 fully saturated rings. The topological polar surface area (TPSA) is 135 Å². The Morgan fingerprint density at radius 2 is 1.96 bits per heavy atom. The maximum absolute atomic E-state index is 11.8. The van der Waals surface area contributed by atoms with Crippen LogP contribution in [0, 0.1) is 10.1 Å². The summed E-state index contributed by atoms with van der Waals surface area (Å²) < 4.78 is 5.01. The van der Waals surface area contributed by atoms with Gasteiger partial charge in [0.2, 0.25) is 0 Å². The summed E-state index contributed by atoms with van der Waals surface area (Å²) in [7, 11) is 0. The molecule has 0 bridgehead atoms. The molecule has 9 nitrogen and oxygen atoms in total. The van der Waals surface area contributed by atoms with Crippen molar-refractivity contribution in [1.29, 1.82) is 0 Å². The van der Waals surface area contributed by atoms with Gasteiger partial charge in [-0.3, -0.25) is 19.7 Å². The fourth-order valence-corrected chi connectivity index (χ4v) is 1.94. The lowest BCUT2D eigenvalue weighted by atomic mass is 10.2. The molecular weight excluding hydrogens is 318 g/mol. The third kappa shape index (κ3) is 4.40. The maximum atomic E-state index is 11.8. The van der Waals surface area contributed by atoms with Gasteiger partial charge in [-0.1, -0.05) is 12.1 Å². The van der Waals surface area contributed by atoms with Crippen molar-refractivity contribution in [2.45, 2.75) is 12.5 Å². The van der Waals surface area contributed by atoms with E-state index in [4.69, 9.17) is 4.42 Å². The average molecular weight is 333 g/mol. The lowest BCUT2D eigenvalue weighted by Crippen LogP contribution is -2.36. The van der Waals surface area contributed by atoms with Gasteiger partial charge >= 0.3 is 11.8 Å². The fourth-order valence-electron chi connectivity index (χ4n) is 1.94. The molecule has 2 amide bonds. The van der Waals surface area contributed by atoms with E-state index in [0.29, 0.717) is 5.76 Å². The highest BCUT2D eigenvalue weighted by atomic mass is 16.6. The number of aliphatic hydroxyl groups is 1. The van der Waals surface area contributed by atoms with Crippen LogP contribution in [-0.2, 0) is 9.59 Å². The summed E-state index contributed by atoms with van der Waals surface area (Å²) in [5, 5.41) is 25.1. The van der Waals surface area contributed by atoms with Gasteiger partial charge in [0.25, 0.3) is 5.69 Å². The first-order valence-electron chi connectivity index (χ1n) is 7.03. The van der Waals surface area contributed by atoms with Crippen molar-refractivity contribution in [3.63, 3.8) is 0 Å². The number of benzene rings is 1. The highest BCUT2D eigenvalue weighted by Crippen LogP contribution is 2.22. The molecule has 24 heavy (non-hydrogen) atoms. The van der Waals surface area contributed by atoms with Crippen LogP contribution in [0.3, 0.4) is 0 Å². The van der Waals surface area contributed by atoms with Crippen LogP contribution in [0.2, 0.25) is 0 Å². The summed E-state index contributed by atoms with van der Waals surface area (Å²) in [5.41, 5.74) is -0.384. The molecule has 0 saturated heterocycles. The largest absolute Gasteiger partial charge is 0.467 e. The Labute approximate surface area is 136 Å². The number of hydrogen-bond donors (Lipinski definition) is 3. The lowest BCUT2D eigenvalue weighted by Gasteiger charge is -2.09. The highest BCUT2D eigenvalue weighted by Gasteiger charge is 2.19. The molecule has 3 N–H and O–H groups in total. The van der Waals surface area contributed by atoms with E-state index in [-0.39, 0.29) is 24.3 Å². The van der Waals surface area contributed by atoms with Gasteiger partial charge in [-0.2, -0.15) is 0 Å². The lowest BCUT2D eigenvalue weighted by molar-refractivity contribution is -0.383. The minimum absolute atomic E-state index is 0.0327. The van der Waals surface area contributed by atoms with Gasteiger partial charge in [-0.05, 0) is 24.6 Å². The van der Waals surface area contributed by atoms with Crippen LogP contribution in [-0.4, -0.2) is 28.4 Å². The number of para-hydroxylation sites is 2. The molecule has 1 heterocycles. The summed E-state index contributed by atoms with van der Waals surface area (Å²) in [6.45, 7) is 0.0327. The van der Waals surface area contributed by atoms with E-state index in [9.17, 15) is 24.8 Å². The number of nitrogens with zero attached hydrogens (tertiary/aromatic N) is 1. The number of rotatable bonds is 6. The molecule has 1 atom stereocenters. The number of hydrogen-bond acceptors (Lipinski definition) is 6. The van der Waals surface area contributed by atoms with Crippen LogP contribution >= 0.6 is 0 Å². The first kappa shape index (κ1) is 17.2. The molecule has 1 aromatic carbocycles. The standard InChI is InChI=1S/C15H15N3O6/c19-12(13-6-3-9-24-13)7-8-16-14(20)15(21)17-10-4-1-2-5-11(10)18(22)23/h1-6,9,12,19H,7-8H2,(H,16,20)(H,17,21).